The second-order valence-corrected chi connectivity index (χ2v) is 7.05. The fraction of sp³-hybridized carbons (Fsp3) is 0.200. The Balaban J connectivity index is 0.000000271. The molecule has 1 aromatic carbocycles. The molecule has 0 aliphatic carbocycles. The number of anilines is 2. The standard InChI is InChI=1S/C15H16N4O2.C5H4BrN/c20-19(21)14-5-3-13(4-6-14)17-8-10-18(11-9-17)15-2-1-7-16-12-15;6-5-2-1-3-7-4-5/h1-7,12H,8-11H2;1-4H. The maximum Gasteiger partial charge on any atom is 0.269 e. The molecule has 0 atom stereocenters. The van der Waals surface area contributed by atoms with Gasteiger partial charge >= 0.3 is 0 Å². The second-order valence-electron chi connectivity index (χ2n) is 6.13. The predicted molar refractivity (Wildman–Crippen MR) is 114 cm³/mol. The van der Waals surface area contributed by atoms with E-state index in [0.717, 1.165) is 42.0 Å². The zero-order valence-corrected chi connectivity index (χ0v) is 16.8. The molecular weight excluding hydrogens is 422 g/mol. The number of hydrogen-bond donors (Lipinski definition) is 0. The van der Waals surface area contributed by atoms with Gasteiger partial charge in [0.25, 0.3) is 5.69 Å². The Morgan fingerprint density at radius 2 is 1.39 bits per heavy atom. The highest BCUT2D eigenvalue weighted by atomic mass is 79.9. The lowest BCUT2D eigenvalue weighted by atomic mass is 10.2. The quantitative estimate of drug-likeness (QED) is 0.448. The number of aromatic nitrogens is 2. The van der Waals surface area contributed by atoms with Crippen molar-refractivity contribution in [3.05, 3.63) is 87.9 Å². The molecule has 1 saturated heterocycles. The van der Waals surface area contributed by atoms with E-state index in [9.17, 15) is 10.1 Å². The molecule has 0 spiro atoms. The maximum atomic E-state index is 10.7. The van der Waals surface area contributed by atoms with Gasteiger partial charge in [0.1, 0.15) is 0 Å². The van der Waals surface area contributed by atoms with Crippen LogP contribution in [0.4, 0.5) is 17.1 Å². The van der Waals surface area contributed by atoms with Crippen molar-refractivity contribution in [3.63, 3.8) is 0 Å². The van der Waals surface area contributed by atoms with Gasteiger partial charge in [0.15, 0.2) is 0 Å². The number of rotatable bonds is 3. The summed E-state index contributed by atoms with van der Waals surface area (Å²) in [6, 6.07) is 14.6. The van der Waals surface area contributed by atoms with Crippen LogP contribution in [0, 0.1) is 10.1 Å². The third-order valence-corrected chi connectivity index (χ3v) is 4.81. The van der Waals surface area contributed by atoms with Gasteiger partial charge < -0.3 is 9.80 Å². The van der Waals surface area contributed by atoms with Crippen molar-refractivity contribution in [2.75, 3.05) is 36.0 Å². The number of nitrogens with zero attached hydrogens (tertiary/aromatic N) is 5. The number of pyridine rings is 2. The zero-order chi connectivity index (χ0) is 19.8. The van der Waals surface area contributed by atoms with Gasteiger partial charge in [0.2, 0.25) is 0 Å². The van der Waals surface area contributed by atoms with Crippen molar-refractivity contribution in [3.8, 4) is 0 Å². The Morgan fingerprint density at radius 3 is 1.82 bits per heavy atom. The number of hydrogen-bond acceptors (Lipinski definition) is 6. The van der Waals surface area contributed by atoms with Gasteiger partial charge in [-0.1, -0.05) is 0 Å². The van der Waals surface area contributed by atoms with Gasteiger partial charge in [-0.05, 0) is 52.3 Å². The molecule has 1 fully saturated rings. The Labute approximate surface area is 171 Å². The number of benzene rings is 1. The molecule has 3 aromatic rings. The van der Waals surface area contributed by atoms with Crippen LogP contribution in [0.25, 0.3) is 0 Å². The molecule has 0 radical (unpaired) electrons. The maximum absolute atomic E-state index is 10.7. The third-order valence-electron chi connectivity index (χ3n) is 4.34. The van der Waals surface area contributed by atoms with Gasteiger partial charge in [-0.3, -0.25) is 20.1 Å². The molecule has 28 heavy (non-hydrogen) atoms. The Hall–Kier alpha value is -3.00. The van der Waals surface area contributed by atoms with Crippen LogP contribution in [-0.4, -0.2) is 41.1 Å². The van der Waals surface area contributed by atoms with E-state index in [-0.39, 0.29) is 10.6 Å². The molecule has 8 heteroatoms. The van der Waals surface area contributed by atoms with Crippen molar-refractivity contribution in [2.45, 2.75) is 0 Å². The minimum absolute atomic E-state index is 0.132. The number of nitro groups is 1. The monoisotopic (exact) mass is 441 g/mol. The number of non-ortho nitro benzene ring substituents is 1. The van der Waals surface area contributed by atoms with E-state index >= 15 is 0 Å². The topological polar surface area (TPSA) is 75.4 Å². The number of nitro benzene ring substituents is 1. The molecular formula is C20H20BrN5O2. The van der Waals surface area contributed by atoms with Crippen molar-refractivity contribution >= 4 is 33.0 Å². The van der Waals surface area contributed by atoms with E-state index < -0.39 is 0 Å². The summed E-state index contributed by atoms with van der Waals surface area (Å²) in [6.07, 6.45) is 7.14. The predicted octanol–water partition coefficient (Wildman–Crippen LogP) is 4.16. The molecule has 0 amide bonds. The summed E-state index contributed by atoms with van der Waals surface area (Å²) in [7, 11) is 0. The Kier molecular flexibility index (Phi) is 6.91. The lowest BCUT2D eigenvalue weighted by Gasteiger charge is -2.37. The first-order valence-corrected chi connectivity index (χ1v) is 9.63. The third kappa shape index (κ3) is 5.50. The summed E-state index contributed by atoms with van der Waals surface area (Å²) in [4.78, 5) is 22.8. The molecule has 0 unspecified atom stereocenters. The average molecular weight is 442 g/mol. The highest BCUT2D eigenvalue weighted by molar-refractivity contribution is 9.10. The first-order chi connectivity index (χ1) is 13.6. The first-order valence-electron chi connectivity index (χ1n) is 8.83. The summed E-state index contributed by atoms with van der Waals surface area (Å²) in [5.74, 6) is 0. The number of piperazine rings is 1. The number of halogens is 1. The van der Waals surface area contributed by atoms with E-state index in [0.29, 0.717) is 0 Å². The molecule has 2 aromatic heterocycles. The van der Waals surface area contributed by atoms with Crippen LogP contribution in [0.1, 0.15) is 0 Å². The van der Waals surface area contributed by atoms with E-state index in [1.54, 1.807) is 30.7 Å². The highest BCUT2D eigenvalue weighted by Crippen LogP contribution is 2.22. The van der Waals surface area contributed by atoms with Crippen molar-refractivity contribution in [1.82, 2.24) is 9.97 Å². The summed E-state index contributed by atoms with van der Waals surface area (Å²) >= 11 is 3.25. The fourth-order valence-corrected chi connectivity index (χ4v) is 3.16. The lowest BCUT2D eigenvalue weighted by molar-refractivity contribution is -0.384. The SMILES string of the molecule is Brc1cccnc1.O=[N+]([O-])c1ccc(N2CCN(c3cccnc3)CC2)cc1. The normalized spacial score (nSPS) is 13.5. The molecule has 1 aliphatic rings. The summed E-state index contributed by atoms with van der Waals surface area (Å²) in [5, 5.41) is 10.7. The van der Waals surface area contributed by atoms with Crippen LogP contribution >= 0.6 is 15.9 Å². The van der Waals surface area contributed by atoms with Gasteiger partial charge in [0, 0.05) is 67.1 Å². The molecule has 3 heterocycles. The Bertz CT molecular complexity index is 870. The van der Waals surface area contributed by atoms with E-state index in [4.69, 9.17) is 0 Å². The lowest BCUT2D eigenvalue weighted by Crippen LogP contribution is -2.46. The smallest absolute Gasteiger partial charge is 0.269 e. The van der Waals surface area contributed by atoms with Crippen molar-refractivity contribution in [1.29, 1.82) is 0 Å². The van der Waals surface area contributed by atoms with Crippen LogP contribution in [0.2, 0.25) is 0 Å². The van der Waals surface area contributed by atoms with Crippen molar-refractivity contribution in [2.24, 2.45) is 0 Å². The molecule has 0 bridgehead atoms. The average Bonchev–Trinajstić information content (AvgIpc) is 2.76. The van der Waals surface area contributed by atoms with Crippen LogP contribution in [0.15, 0.2) is 77.8 Å². The second kappa shape index (κ2) is 9.80. The molecule has 144 valence electrons. The van der Waals surface area contributed by atoms with E-state index in [1.165, 1.54) is 0 Å². The van der Waals surface area contributed by atoms with Crippen LogP contribution in [0.5, 0.6) is 0 Å². The van der Waals surface area contributed by atoms with Crippen molar-refractivity contribution < 1.29 is 4.92 Å². The zero-order valence-electron chi connectivity index (χ0n) is 15.2. The fourth-order valence-electron chi connectivity index (χ4n) is 2.89. The summed E-state index contributed by atoms with van der Waals surface area (Å²) in [5.41, 5.74) is 2.31. The largest absolute Gasteiger partial charge is 0.368 e. The van der Waals surface area contributed by atoms with E-state index in [1.807, 2.05) is 36.5 Å². The molecule has 0 saturated carbocycles. The van der Waals surface area contributed by atoms with Crippen LogP contribution in [-0.2, 0) is 0 Å². The van der Waals surface area contributed by atoms with Gasteiger partial charge in [-0.15, -0.1) is 0 Å². The van der Waals surface area contributed by atoms with Gasteiger partial charge in [-0.25, -0.2) is 0 Å². The van der Waals surface area contributed by atoms with Gasteiger partial charge in [-0.2, -0.15) is 0 Å². The highest BCUT2D eigenvalue weighted by Gasteiger charge is 2.18. The van der Waals surface area contributed by atoms with Gasteiger partial charge in [0.05, 0.1) is 16.8 Å². The summed E-state index contributed by atoms with van der Waals surface area (Å²) in [6.45, 7) is 3.63. The summed E-state index contributed by atoms with van der Waals surface area (Å²) < 4.78 is 1.02. The molecule has 7 nitrogen and oxygen atoms in total. The minimum Gasteiger partial charge on any atom is -0.368 e. The van der Waals surface area contributed by atoms with Crippen LogP contribution < -0.4 is 9.80 Å². The minimum atomic E-state index is -0.371. The Morgan fingerprint density at radius 1 is 0.821 bits per heavy atom. The van der Waals surface area contributed by atoms with E-state index in [2.05, 4.69) is 41.8 Å². The first kappa shape index (κ1) is 19.8. The molecule has 4 rings (SSSR count). The van der Waals surface area contributed by atoms with Crippen LogP contribution in [0.3, 0.4) is 0 Å². The molecule has 0 N–H and O–H groups in total. The molecule has 1 aliphatic heterocycles.